The Balaban J connectivity index is 1.80. The number of imidazole rings is 1. The summed E-state index contributed by atoms with van der Waals surface area (Å²) < 4.78 is 0. The number of hydrogen-bond donors (Lipinski definition) is 2. The summed E-state index contributed by atoms with van der Waals surface area (Å²) in [4.78, 5) is 11.7. The lowest BCUT2D eigenvalue weighted by atomic mass is 10.2. The number of thiazole rings is 1. The van der Waals surface area contributed by atoms with Crippen molar-refractivity contribution in [3.63, 3.8) is 0 Å². The van der Waals surface area contributed by atoms with Crippen LogP contribution in [0, 0.1) is 0 Å². The first kappa shape index (κ1) is 10.5. The smallest absolute Gasteiger partial charge is 0.118 e. The third-order valence-corrected chi connectivity index (χ3v) is 3.79. The van der Waals surface area contributed by atoms with Crippen molar-refractivity contribution in [2.75, 3.05) is 11.9 Å². The summed E-state index contributed by atoms with van der Waals surface area (Å²) in [6, 6.07) is 0. The zero-order valence-electron chi connectivity index (χ0n) is 9.44. The molecule has 0 atom stereocenters. The van der Waals surface area contributed by atoms with Gasteiger partial charge in [-0.15, -0.1) is 0 Å². The number of aromatic amines is 1. The summed E-state index contributed by atoms with van der Waals surface area (Å²) in [7, 11) is 0. The van der Waals surface area contributed by atoms with Crippen molar-refractivity contribution < 1.29 is 0 Å². The highest BCUT2D eigenvalue weighted by Crippen LogP contribution is 2.29. The highest BCUT2D eigenvalue weighted by atomic mass is 32.1. The van der Waals surface area contributed by atoms with Crippen molar-refractivity contribution in [2.24, 2.45) is 0 Å². The highest BCUT2D eigenvalue weighted by Gasteiger charge is 2.11. The number of anilines is 1. The second kappa shape index (κ2) is 4.71. The van der Waals surface area contributed by atoms with E-state index in [1.54, 1.807) is 23.9 Å². The van der Waals surface area contributed by atoms with Gasteiger partial charge in [0.1, 0.15) is 10.0 Å². The lowest BCUT2D eigenvalue weighted by molar-refractivity contribution is 0.774. The minimum atomic E-state index is 1.00. The maximum Gasteiger partial charge on any atom is 0.118 e. The molecular weight excluding hydrogens is 232 g/mol. The van der Waals surface area contributed by atoms with Crippen LogP contribution in [0.25, 0.3) is 12.2 Å². The van der Waals surface area contributed by atoms with E-state index in [1.165, 1.54) is 23.5 Å². The van der Waals surface area contributed by atoms with Gasteiger partial charge in [0.2, 0.25) is 0 Å². The van der Waals surface area contributed by atoms with Crippen LogP contribution in [0.1, 0.15) is 29.2 Å². The van der Waals surface area contributed by atoms with E-state index in [-0.39, 0.29) is 0 Å². The molecule has 1 aliphatic heterocycles. The molecule has 0 fully saturated rings. The minimum Gasteiger partial charge on any atom is -0.375 e. The van der Waals surface area contributed by atoms with Crippen LogP contribution in [0.2, 0.25) is 0 Å². The molecule has 0 aliphatic carbocycles. The van der Waals surface area contributed by atoms with Crippen LogP contribution < -0.4 is 5.32 Å². The number of rotatable bonds is 2. The minimum absolute atomic E-state index is 1.00. The summed E-state index contributed by atoms with van der Waals surface area (Å²) in [6.07, 6.45) is 11.1. The van der Waals surface area contributed by atoms with Crippen LogP contribution in [0.5, 0.6) is 0 Å². The SMILES string of the molecule is C(=C\c1nc2c(s1)NCCCC2)/c1cnc[nH]1. The Morgan fingerprint density at radius 2 is 2.29 bits per heavy atom. The molecule has 3 heterocycles. The van der Waals surface area contributed by atoms with Gasteiger partial charge in [-0.2, -0.15) is 0 Å². The van der Waals surface area contributed by atoms with Crippen LogP contribution >= 0.6 is 11.3 Å². The Morgan fingerprint density at radius 3 is 3.18 bits per heavy atom. The molecule has 3 rings (SSSR count). The predicted molar refractivity (Wildman–Crippen MR) is 71.1 cm³/mol. The fraction of sp³-hybridized carbons (Fsp3) is 0.333. The Kier molecular flexibility index (Phi) is 2.92. The van der Waals surface area contributed by atoms with E-state index in [2.05, 4.69) is 20.3 Å². The number of aromatic nitrogens is 3. The van der Waals surface area contributed by atoms with Gasteiger partial charge in [-0.1, -0.05) is 11.3 Å². The number of fused-ring (bicyclic) bond motifs is 1. The van der Waals surface area contributed by atoms with Crippen LogP contribution in [-0.4, -0.2) is 21.5 Å². The third-order valence-electron chi connectivity index (χ3n) is 2.76. The number of nitrogens with one attached hydrogen (secondary N) is 2. The zero-order chi connectivity index (χ0) is 11.5. The highest BCUT2D eigenvalue weighted by molar-refractivity contribution is 7.16. The average molecular weight is 246 g/mol. The number of H-pyrrole nitrogens is 1. The molecule has 4 nitrogen and oxygen atoms in total. The van der Waals surface area contributed by atoms with Crippen molar-refractivity contribution in [2.45, 2.75) is 19.3 Å². The van der Waals surface area contributed by atoms with Gasteiger partial charge in [0.05, 0.1) is 23.9 Å². The molecule has 0 spiro atoms. The maximum atomic E-state index is 4.65. The van der Waals surface area contributed by atoms with Gasteiger partial charge in [0.15, 0.2) is 0 Å². The van der Waals surface area contributed by atoms with E-state index in [9.17, 15) is 0 Å². The molecule has 0 saturated carbocycles. The molecule has 2 N–H and O–H groups in total. The Bertz CT molecular complexity index is 489. The summed E-state index contributed by atoms with van der Waals surface area (Å²) in [5.74, 6) is 0. The number of hydrogen-bond acceptors (Lipinski definition) is 4. The topological polar surface area (TPSA) is 53.6 Å². The Morgan fingerprint density at radius 1 is 1.29 bits per heavy atom. The second-order valence-electron chi connectivity index (χ2n) is 4.05. The fourth-order valence-electron chi connectivity index (χ4n) is 1.89. The lowest BCUT2D eigenvalue weighted by Gasteiger charge is -1.96. The van der Waals surface area contributed by atoms with Crippen LogP contribution in [0.4, 0.5) is 5.00 Å². The molecule has 2 aromatic heterocycles. The average Bonchev–Trinajstić information content (AvgIpc) is 2.93. The van der Waals surface area contributed by atoms with E-state index in [4.69, 9.17) is 0 Å². The van der Waals surface area contributed by atoms with Gasteiger partial charge < -0.3 is 10.3 Å². The summed E-state index contributed by atoms with van der Waals surface area (Å²) in [5, 5.41) is 5.74. The van der Waals surface area contributed by atoms with Gasteiger partial charge in [-0.25, -0.2) is 9.97 Å². The van der Waals surface area contributed by atoms with E-state index < -0.39 is 0 Å². The first-order chi connectivity index (χ1) is 8.42. The monoisotopic (exact) mass is 246 g/mol. The molecule has 0 aromatic carbocycles. The van der Waals surface area contributed by atoms with Gasteiger partial charge in [0.25, 0.3) is 0 Å². The quantitative estimate of drug-likeness (QED) is 0.856. The first-order valence-electron chi connectivity index (χ1n) is 5.82. The van der Waals surface area contributed by atoms with Gasteiger partial charge in [-0.05, 0) is 31.4 Å². The van der Waals surface area contributed by atoms with Crippen LogP contribution in [0.3, 0.4) is 0 Å². The normalized spacial score (nSPS) is 15.5. The molecule has 0 saturated heterocycles. The van der Waals surface area contributed by atoms with Crippen LogP contribution in [-0.2, 0) is 6.42 Å². The molecule has 88 valence electrons. The molecule has 0 radical (unpaired) electrons. The van der Waals surface area contributed by atoms with E-state index >= 15 is 0 Å². The van der Waals surface area contributed by atoms with E-state index in [1.807, 2.05) is 12.2 Å². The molecule has 0 amide bonds. The number of nitrogens with zero attached hydrogens (tertiary/aromatic N) is 2. The van der Waals surface area contributed by atoms with Gasteiger partial charge in [-0.3, -0.25) is 0 Å². The zero-order valence-corrected chi connectivity index (χ0v) is 10.3. The summed E-state index contributed by atoms with van der Waals surface area (Å²) in [6.45, 7) is 1.07. The molecule has 17 heavy (non-hydrogen) atoms. The van der Waals surface area contributed by atoms with Crippen molar-refractivity contribution in [1.82, 2.24) is 15.0 Å². The Labute approximate surface area is 104 Å². The Hall–Kier alpha value is -1.62. The van der Waals surface area contributed by atoms with E-state index in [0.717, 1.165) is 23.7 Å². The maximum absolute atomic E-state index is 4.65. The predicted octanol–water partition coefficient (Wildman–Crippen LogP) is 2.78. The molecule has 2 aromatic rings. The fourth-order valence-corrected chi connectivity index (χ4v) is 2.83. The molecular formula is C12H14N4S. The van der Waals surface area contributed by atoms with E-state index in [0.29, 0.717) is 0 Å². The molecule has 0 unspecified atom stereocenters. The lowest BCUT2D eigenvalue weighted by Crippen LogP contribution is -1.96. The number of aryl methyl sites for hydroxylation is 1. The van der Waals surface area contributed by atoms with Crippen molar-refractivity contribution in [1.29, 1.82) is 0 Å². The van der Waals surface area contributed by atoms with Crippen LogP contribution in [0.15, 0.2) is 12.5 Å². The second-order valence-corrected chi connectivity index (χ2v) is 5.08. The largest absolute Gasteiger partial charge is 0.375 e. The van der Waals surface area contributed by atoms with Gasteiger partial charge >= 0.3 is 0 Å². The molecule has 5 heteroatoms. The first-order valence-corrected chi connectivity index (χ1v) is 6.63. The third kappa shape index (κ3) is 2.39. The standard InChI is InChI=1S/C12H14N4S/c1-2-6-14-12-10(3-1)16-11(17-12)5-4-9-7-13-8-15-9/h4-5,7-8,14H,1-3,6H2,(H,13,15)/b5-4+. The molecule has 1 aliphatic rings. The summed E-state index contributed by atoms with van der Waals surface area (Å²) in [5.41, 5.74) is 2.22. The van der Waals surface area contributed by atoms with Crippen molar-refractivity contribution in [3.05, 3.63) is 28.9 Å². The van der Waals surface area contributed by atoms with Crippen molar-refractivity contribution >= 4 is 28.5 Å². The van der Waals surface area contributed by atoms with Crippen molar-refractivity contribution in [3.8, 4) is 0 Å². The molecule has 0 bridgehead atoms. The van der Waals surface area contributed by atoms with Gasteiger partial charge in [0, 0.05) is 6.54 Å². The summed E-state index contributed by atoms with van der Waals surface area (Å²) >= 11 is 1.73.